The molecule has 0 aliphatic carbocycles. The quantitative estimate of drug-likeness (QED) is 0.585. The summed E-state index contributed by atoms with van der Waals surface area (Å²) in [6.07, 6.45) is 1.53. The summed E-state index contributed by atoms with van der Waals surface area (Å²) in [7, 11) is 0. The van der Waals surface area contributed by atoms with Crippen molar-refractivity contribution in [3.63, 3.8) is 0 Å². The van der Waals surface area contributed by atoms with Crippen molar-refractivity contribution in [2.24, 2.45) is 0 Å². The Morgan fingerprint density at radius 3 is 1.82 bits per heavy atom. The van der Waals surface area contributed by atoms with Gasteiger partial charge in [0.15, 0.2) is 0 Å². The molecule has 0 aromatic rings. The van der Waals surface area contributed by atoms with Crippen LogP contribution in [-0.2, 0) is 0 Å². The Labute approximate surface area is 69.0 Å². The smallest absolute Gasteiger partial charge is 0.207 e. The summed E-state index contributed by atoms with van der Waals surface area (Å²) < 4.78 is 24.7. The predicted molar refractivity (Wildman–Crippen MR) is 46.1 cm³/mol. The molecule has 0 aliphatic heterocycles. The lowest BCUT2D eigenvalue weighted by Crippen LogP contribution is -2.13. The van der Waals surface area contributed by atoms with E-state index in [1.807, 2.05) is 20.8 Å². The summed E-state index contributed by atoms with van der Waals surface area (Å²) in [5.41, 5.74) is 0. The molecule has 0 radical (unpaired) electrons. The van der Waals surface area contributed by atoms with Gasteiger partial charge in [0.2, 0.25) is 5.92 Å². The molecule has 0 spiro atoms. The fraction of sp³-hybridized carbons (Fsp3) is 1.00. The van der Waals surface area contributed by atoms with E-state index in [1.54, 1.807) is 0 Å². The van der Waals surface area contributed by atoms with Gasteiger partial charge in [-0.15, -0.1) is 0 Å². The highest BCUT2D eigenvalue weighted by Crippen LogP contribution is 2.24. The Kier molecular flexibility index (Phi) is 9.73. The van der Waals surface area contributed by atoms with Gasteiger partial charge in [-0.05, 0) is 6.42 Å². The molecule has 0 atom stereocenters. The molecule has 2 heteroatoms. The van der Waals surface area contributed by atoms with Crippen LogP contribution in [0.25, 0.3) is 0 Å². The minimum atomic E-state index is -2.41. The topological polar surface area (TPSA) is 0 Å². The van der Waals surface area contributed by atoms with E-state index in [2.05, 4.69) is 0 Å². The highest BCUT2D eigenvalue weighted by molar-refractivity contribution is 4.61. The molecular formula is C9H20F2. The zero-order chi connectivity index (χ0) is 9.33. The van der Waals surface area contributed by atoms with Crippen LogP contribution in [0.15, 0.2) is 0 Å². The van der Waals surface area contributed by atoms with Gasteiger partial charge in [-0.3, -0.25) is 0 Å². The molecule has 0 amide bonds. The Balaban J connectivity index is 0. The van der Waals surface area contributed by atoms with Gasteiger partial charge in [-0.1, -0.05) is 34.1 Å². The first-order chi connectivity index (χ1) is 5.12. The van der Waals surface area contributed by atoms with Gasteiger partial charge in [0.25, 0.3) is 0 Å². The molecule has 0 aromatic carbocycles. The minimum absolute atomic E-state index is 0.0208. The van der Waals surface area contributed by atoms with Gasteiger partial charge in [-0.25, -0.2) is 8.78 Å². The van der Waals surface area contributed by atoms with Crippen molar-refractivity contribution in [1.82, 2.24) is 0 Å². The van der Waals surface area contributed by atoms with Crippen LogP contribution in [0.4, 0.5) is 8.78 Å². The molecule has 0 nitrogen and oxygen atoms in total. The van der Waals surface area contributed by atoms with Gasteiger partial charge in [0.1, 0.15) is 0 Å². The van der Waals surface area contributed by atoms with E-state index >= 15 is 0 Å². The first kappa shape index (κ1) is 13.4. The molecule has 0 N–H and O–H groups in total. The van der Waals surface area contributed by atoms with E-state index in [0.29, 0.717) is 6.42 Å². The van der Waals surface area contributed by atoms with E-state index in [1.165, 1.54) is 6.92 Å². The van der Waals surface area contributed by atoms with Crippen LogP contribution >= 0.6 is 0 Å². The lowest BCUT2D eigenvalue weighted by molar-refractivity contribution is -0.0133. The lowest BCUT2D eigenvalue weighted by Gasteiger charge is -2.11. The van der Waals surface area contributed by atoms with Gasteiger partial charge in [0.05, 0.1) is 0 Å². The Morgan fingerprint density at radius 2 is 1.55 bits per heavy atom. The molecule has 0 rings (SSSR count). The summed E-state index contributed by atoms with van der Waals surface area (Å²) >= 11 is 0. The fourth-order valence-electron chi connectivity index (χ4n) is 0.612. The highest BCUT2D eigenvalue weighted by atomic mass is 19.3. The average Bonchev–Trinajstić information content (AvgIpc) is 2.05. The third-order valence-electron chi connectivity index (χ3n) is 1.41. The fourth-order valence-corrected chi connectivity index (χ4v) is 0.612. The molecule has 11 heavy (non-hydrogen) atoms. The standard InChI is InChI=1S/C7H14F2.C2H6/c1-3-5-6-7(8,9)4-2;1-2/h3-6H2,1-2H3;1-2H3. The van der Waals surface area contributed by atoms with Crippen molar-refractivity contribution in [2.75, 3.05) is 0 Å². The van der Waals surface area contributed by atoms with E-state index in [4.69, 9.17) is 0 Å². The zero-order valence-corrected chi connectivity index (χ0v) is 8.08. The molecule has 0 bridgehead atoms. The normalized spacial score (nSPS) is 10.4. The maximum Gasteiger partial charge on any atom is 0.247 e. The molecule has 0 saturated heterocycles. The van der Waals surface area contributed by atoms with E-state index in [0.717, 1.165) is 6.42 Å². The summed E-state index contributed by atoms with van der Waals surface area (Å²) in [5.74, 6) is -2.41. The molecule has 0 unspecified atom stereocenters. The Bertz CT molecular complexity index is 70.0. The van der Waals surface area contributed by atoms with Gasteiger partial charge in [0, 0.05) is 12.8 Å². The van der Waals surface area contributed by atoms with Crippen molar-refractivity contribution < 1.29 is 8.78 Å². The van der Waals surface area contributed by atoms with Gasteiger partial charge in [-0.2, -0.15) is 0 Å². The molecule has 0 heterocycles. The minimum Gasteiger partial charge on any atom is -0.207 e. The molecule has 0 aromatic heterocycles. The highest BCUT2D eigenvalue weighted by Gasteiger charge is 2.24. The van der Waals surface area contributed by atoms with Gasteiger partial charge >= 0.3 is 0 Å². The second-order valence-electron chi connectivity index (χ2n) is 2.31. The number of rotatable bonds is 4. The van der Waals surface area contributed by atoms with Crippen molar-refractivity contribution >= 4 is 0 Å². The molecular weight excluding hydrogens is 146 g/mol. The molecule has 0 fully saturated rings. The maximum absolute atomic E-state index is 12.3. The number of hydrogen-bond acceptors (Lipinski definition) is 0. The number of hydrogen-bond donors (Lipinski definition) is 0. The summed E-state index contributed by atoms with van der Waals surface area (Å²) in [5, 5.41) is 0. The SMILES string of the molecule is CC.CCCCC(F)(F)CC. The van der Waals surface area contributed by atoms with Crippen molar-refractivity contribution in [1.29, 1.82) is 0 Å². The van der Waals surface area contributed by atoms with Crippen LogP contribution in [-0.4, -0.2) is 5.92 Å². The second kappa shape index (κ2) is 7.96. The van der Waals surface area contributed by atoms with Crippen molar-refractivity contribution in [2.45, 2.75) is 59.3 Å². The van der Waals surface area contributed by atoms with Crippen LogP contribution in [0, 0.1) is 0 Å². The molecule has 0 saturated carbocycles. The summed E-state index contributed by atoms with van der Waals surface area (Å²) in [6, 6.07) is 0. The van der Waals surface area contributed by atoms with Crippen LogP contribution in [0.2, 0.25) is 0 Å². The third-order valence-corrected chi connectivity index (χ3v) is 1.41. The first-order valence-corrected chi connectivity index (χ1v) is 4.50. The Hall–Kier alpha value is -0.140. The van der Waals surface area contributed by atoms with E-state index in [9.17, 15) is 8.78 Å². The van der Waals surface area contributed by atoms with Crippen molar-refractivity contribution in [3.05, 3.63) is 0 Å². The third kappa shape index (κ3) is 9.86. The molecule has 0 aliphatic rings. The summed E-state index contributed by atoms with van der Waals surface area (Å²) in [6.45, 7) is 7.45. The van der Waals surface area contributed by atoms with Crippen LogP contribution in [0.5, 0.6) is 0 Å². The van der Waals surface area contributed by atoms with Crippen LogP contribution in [0.1, 0.15) is 53.4 Å². The Morgan fingerprint density at radius 1 is 1.09 bits per heavy atom. The first-order valence-electron chi connectivity index (χ1n) is 4.50. The van der Waals surface area contributed by atoms with E-state index in [-0.39, 0.29) is 12.8 Å². The van der Waals surface area contributed by atoms with Crippen LogP contribution < -0.4 is 0 Å². The van der Waals surface area contributed by atoms with Crippen LogP contribution in [0.3, 0.4) is 0 Å². The molecule has 70 valence electrons. The largest absolute Gasteiger partial charge is 0.247 e. The monoisotopic (exact) mass is 166 g/mol. The zero-order valence-electron chi connectivity index (χ0n) is 8.08. The summed E-state index contributed by atoms with van der Waals surface area (Å²) in [4.78, 5) is 0. The van der Waals surface area contributed by atoms with E-state index < -0.39 is 5.92 Å². The van der Waals surface area contributed by atoms with Gasteiger partial charge < -0.3 is 0 Å². The average molecular weight is 166 g/mol. The lowest BCUT2D eigenvalue weighted by atomic mass is 10.1. The maximum atomic E-state index is 12.3. The van der Waals surface area contributed by atoms with Crippen molar-refractivity contribution in [3.8, 4) is 0 Å². The number of alkyl halides is 2. The predicted octanol–water partition coefficient (Wildman–Crippen LogP) is 4.25. The number of halogens is 2. The second-order valence-corrected chi connectivity index (χ2v) is 2.31. The number of unbranched alkanes of at least 4 members (excludes halogenated alkanes) is 1.